The van der Waals surface area contributed by atoms with Crippen LogP contribution in [-0.4, -0.2) is 32.7 Å². The summed E-state index contributed by atoms with van der Waals surface area (Å²) in [6.45, 7) is 10.7. The zero-order chi connectivity index (χ0) is 8.20. The number of hydrogen-bond acceptors (Lipinski definition) is 1. The van der Waals surface area contributed by atoms with Crippen LogP contribution in [0.3, 0.4) is 0 Å². The van der Waals surface area contributed by atoms with E-state index in [0.29, 0.717) is 0 Å². The summed E-state index contributed by atoms with van der Waals surface area (Å²) in [5, 5.41) is 0. The number of hydrogen-bond donors (Lipinski definition) is 0. The molecule has 0 aromatic rings. The SMILES string of the molecule is CCCN(C)C[Si](C)(C)C. The molecule has 10 heavy (non-hydrogen) atoms. The molecule has 0 unspecified atom stereocenters. The second-order valence-electron chi connectivity index (χ2n) is 4.30. The third-order valence-electron chi connectivity index (χ3n) is 1.35. The highest BCUT2D eigenvalue weighted by atomic mass is 28.3. The lowest BCUT2D eigenvalue weighted by atomic mass is 10.5. The highest BCUT2D eigenvalue weighted by Crippen LogP contribution is 2.02. The first-order valence-corrected chi connectivity index (χ1v) is 7.85. The van der Waals surface area contributed by atoms with Gasteiger partial charge in [-0.05, 0) is 26.2 Å². The fourth-order valence-corrected chi connectivity index (χ4v) is 3.05. The number of nitrogens with zero attached hydrogens (tertiary/aromatic N) is 1. The van der Waals surface area contributed by atoms with E-state index in [2.05, 4.69) is 38.5 Å². The van der Waals surface area contributed by atoms with Gasteiger partial charge in [0, 0.05) is 0 Å². The lowest BCUT2D eigenvalue weighted by Crippen LogP contribution is -2.38. The van der Waals surface area contributed by atoms with Crippen LogP contribution < -0.4 is 0 Å². The maximum Gasteiger partial charge on any atom is 0.0599 e. The van der Waals surface area contributed by atoms with Gasteiger partial charge in [-0.3, -0.25) is 0 Å². The van der Waals surface area contributed by atoms with E-state index in [1.165, 1.54) is 19.1 Å². The molecular weight excluding hydrogens is 138 g/mol. The molecule has 0 atom stereocenters. The summed E-state index contributed by atoms with van der Waals surface area (Å²) in [7, 11) is 1.39. The smallest absolute Gasteiger partial charge is 0.0599 e. The predicted molar refractivity (Wildman–Crippen MR) is 51.1 cm³/mol. The van der Waals surface area contributed by atoms with Gasteiger partial charge >= 0.3 is 0 Å². The van der Waals surface area contributed by atoms with Crippen LogP contribution in [0.4, 0.5) is 0 Å². The normalized spacial score (nSPS) is 12.6. The Morgan fingerprint density at radius 2 is 1.70 bits per heavy atom. The highest BCUT2D eigenvalue weighted by Gasteiger charge is 2.14. The van der Waals surface area contributed by atoms with Gasteiger partial charge in [0.15, 0.2) is 0 Å². The van der Waals surface area contributed by atoms with Crippen LogP contribution in [0, 0.1) is 0 Å². The Hall–Kier alpha value is 0.177. The minimum absolute atomic E-state index is 0.832. The molecule has 0 radical (unpaired) electrons. The molecule has 0 fully saturated rings. The van der Waals surface area contributed by atoms with Crippen LogP contribution in [0.25, 0.3) is 0 Å². The third-order valence-corrected chi connectivity index (χ3v) is 2.84. The van der Waals surface area contributed by atoms with E-state index in [-0.39, 0.29) is 0 Å². The van der Waals surface area contributed by atoms with Crippen molar-refractivity contribution in [3.05, 3.63) is 0 Å². The van der Waals surface area contributed by atoms with Gasteiger partial charge in [0.25, 0.3) is 0 Å². The van der Waals surface area contributed by atoms with Gasteiger partial charge in [-0.1, -0.05) is 26.6 Å². The Bertz CT molecular complexity index is 85.7. The van der Waals surface area contributed by atoms with Gasteiger partial charge in [-0.2, -0.15) is 0 Å². The second kappa shape index (κ2) is 4.14. The zero-order valence-corrected chi connectivity index (χ0v) is 9.07. The molecule has 0 aliphatic carbocycles. The van der Waals surface area contributed by atoms with E-state index in [4.69, 9.17) is 0 Å². The van der Waals surface area contributed by atoms with Crippen molar-refractivity contribution in [3.63, 3.8) is 0 Å². The molecule has 0 spiro atoms. The van der Waals surface area contributed by atoms with Gasteiger partial charge < -0.3 is 4.90 Å². The molecule has 62 valence electrons. The van der Waals surface area contributed by atoms with Crippen LogP contribution in [0.2, 0.25) is 19.6 Å². The van der Waals surface area contributed by atoms with Crippen molar-refractivity contribution in [2.24, 2.45) is 0 Å². The molecule has 0 saturated heterocycles. The van der Waals surface area contributed by atoms with Crippen LogP contribution in [0.5, 0.6) is 0 Å². The zero-order valence-electron chi connectivity index (χ0n) is 8.07. The van der Waals surface area contributed by atoms with E-state index < -0.39 is 8.07 Å². The number of rotatable bonds is 4. The Labute approximate surface area is 66.4 Å². The monoisotopic (exact) mass is 159 g/mol. The summed E-state index contributed by atoms with van der Waals surface area (Å²) in [6, 6.07) is 0. The first-order valence-electron chi connectivity index (χ1n) is 4.14. The minimum Gasteiger partial charge on any atom is -0.309 e. The molecule has 0 aliphatic rings. The van der Waals surface area contributed by atoms with E-state index in [1.54, 1.807) is 0 Å². The quantitative estimate of drug-likeness (QED) is 0.569. The van der Waals surface area contributed by atoms with E-state index in [0.717, 1.165) is 0 Å². The average Bonchev–Trinajstić information content (AvgIpc) is 1.59. The van der Waals surface area contributed by atoms with Crippen LogP contribution in [0.15, 0.2) is 0 Å². The van der Waals surface area contributed by atoms with E-state index in [9.17, 15) is 0 Å². The predicted octanol–water partition coefficient (Wildman–Crippen LogP) is 2.21. The lowest BCUT2D eigenvalue weighted by molar-refractivity contribution is 0.382. The summed E-state index contributed by atoms with van der Waals surface area (Å²) in [5.74, 6) is 0. The average molecular weight is 159 g/mol. The summed E-state index contributed by atoms with van der Waals surface area (Å²) >= 11 is 0. The van der Waals surface area contributed by atoms with Gasteiger partial charge in [-0.25, -0.2) is 0 Å². The molecule has 0 heterocycles. The Morgan fingerprint density at radius 1 is 1.20 bits per heavy atom. The van der Waals surface area contributed by atoms with Gasteiger partial charge in [0.1, 0.15) is 0 Å². The molecule has 0 amide bonds. The summed E-state index contributed by atoms with van der Waals surface area (Å²) < 4.78 is 0. The fraction of sp³-hybridized carbons (Fsp3) is 1.00. The lowest BCUT2D eigenvalue weighted by Gasteiger charge is -2.24. The molecule has 2 heteroatoms. The molecule has 1 nitrogen and oxygen atoms in total. The summed E-state index contributed by atoms with van der Waals surface area (Å²) in [6.07, 6.45) is 2.61. The first kappa shape index (κ1) is 10.2. The van der Waals surface area contributed by atoms with E-state index >= 15 is 0 Å². The van der Waals surface area contributed by atoms with Crippen molar-refractivity contribution in [1.82, 2.24) is 4.90 Å². The Kier molecular flexibility index (Phi) is 4.21. The van der Waals surface area contributed by atoms with Crippen molar-refractivity contribution < 1.29 is 0 Å². The maximum absolute atomic E-state index is 2.45. The topological polar surface area (TPSA) is 3.24 Å². The molecule has 0 N–H and O–H groups in total. The van der Waals surface area contributed by atoms with Crippen molar-refractivity contribution >= 4 is 8.07 Å². The largest absolute Gasteiger partial charge is 0.309 e. The van der Waals surface area contributed by atoms with Gasteiger partial charge in [0.05, 0.1) is 8.07 Å². The molecule has 0 aromatic heterocycles. The Morgan fingerprint density at radius 3 is 2.00 bits per heavy atom. The van der Waals surface area contributed by atoms with Crippen molar-refractivity contribution in [2.45, 2.75) is 33.0 Å². The van der Waals surface area contributed by atoms with Crippen LogP contribution in [0.1, 0.15) is 13.3 Å². The molecule has 0 bridgehead atoms. The molecule has 0 aromatic carbocycles. The van der Waals surface area contributed by atoms with Gasteiger partial charge in [-0.15, -0.1) is 0 Å². The molecular formula is C8H21NSi. The Balaban J connectivity index is 3.47. The molecule has 0 rings (SSSR count). The first-order chi connectivity index (χ1) is 4.45. The van der Waals surface area contributed by atoms with E-state index in [1.807, 2.05) is 0 Å². The maximum atomic E-state index is 2.45. The molecule has 0 saturated carbocycles. The van der Waals surface area contributed by atoms with Crippen LogP contribution in [-0.2, 0) is 0 Å². The van der Waals surface area contributed by atoms with Gasteiger partial charge in [0.2, 0.25) is 0 Å². The minimum atomic E-state index is -0.832. The third kappa shape index (κ3) is 6.30. The van der Waals surface area contributed by atoms with Crippen molar-refractivity contribution in [2.75, 3.05) is 19.8 Å². The second-order valence-corrected chi connectivity index (χ2v) is 9.74. The van der Waals surface area contributed by atoms with Crippen LogP contribution >= 0.6 is 0 Å². The highest BCUT2D eigenvalue weighted by molar-refractivity contribution is 6.76. The standard InChI is InChI=1S/C8H21NSi/c1-6-7-9(2)8-10(3,4)5/h6-8H2,1-5H3. The summed E-state index contributed by atoms with van der Waals surface area (Å²) in [4.78, 5) is 2.45. The molecule has 0 aliphatic heterocycles. The van der Waals surface area contributed by atoms with Crippen molar-refractivity contribution in [1.29, 1.82) is 0 Å². The fourth-order valence-electron chi connectivity index (χ4n) is 1.27. The van der Waals surface area contributed by atoms with Crippen molar-refractivity contribution in [3.8, 4) is 0 Å². The summed E-state index contributed by atoms with van der Waals surface area (Å²) in [5.41, 5.74) is 0.